The second-order valence-electron chi connectivity index (χ2n) is 4.98. The third-order valence-electron chi connectivity index (χ3n) is 3.42. The highest BCUT2D eigenvalue weighted by Crippen LogP contribution is 2.38. The molecule has 0 aliphatic heterocycles. The molecule has 2 rings (SSSR count). The minimum atomic E-state index is -4.24. The summed E-state index contributed by atoms with van der Waals surface area (Å²) >= 11 is 0. The molecule has 0 spiro atoms. The summed E-state index contributed by atoms with van der Waals surface area (Å²) < 4.78 is 37.6. The normalized spacial score (nSPS) is 23.9. The van der Waals surface area contributed by atoms with Crippen LogP contribution in [0.15, 0.2) is 48.1 Å². The van der Waals surface area contributed by atoms with E-state index in [9.17, 15) is 13.2 Å². The van der Waals surface area contributed by atoms with E-state index in [-0.39, 0.29) is 5.41 Å². The van der Waals surface area contributed by atoms with Crippen LogP contribution in [0.4, 0.5) is 13.2 Å². The van der Waals surface area contributed by atoms with Gasteiger partial charge in [-0.3, -0.25) is 0 Å². The van der Waals surface area contributed by atoms with E-state index in [0.717, 1.165) is 11.1 Å². The Labute approximate surface area is 105 Å². The Bertz CT molecular complexity index is 491. The second kappa shape index (κ2) is 4.30. The quantitative estimate of drug-likeness (QED) is 0.679. The molecule has 0 N–H and O–H groups in total. The van der Waals surface area contributed by atoms with Crippen molar-refractivity contribution < 1.29 is 13.2 Å². The smallest absolute Gasteiger partial charge is 0.166 e. The third-order valence-corrected chi connectivity index (χ3v) is 3.42. The van der Waals surface area contributed by atoms with Crippen molar-refractivity contribution in [3.05, 3.63) is 59.2 Å². The van der Waals surface area contributed by atoms with Gasteiger partial charge in [-0.2, -0.15) is 13.2 Å². The average molecular weight is 252 g/mol. The highest BCUT2D eigenvalue weighted by Gasteiger charge is 2.35. The Morgan fingerprint density at radius 3 is 2.17 bits per heavy atom. The number of benzene rings is 1. The van der Waals surface area contributed by atoms with Crippen LogP contribution < -0.4 is 0 Å². The SMILES string of the molecule is Cc1ccc(C2(C)C=CC(C(F)(F)F)=CC2)cc1. The van der Waals surface area contributed by atoms with Crippen molar-refractivity contribution >= 4 is 0 Å². The van der Waals surface area contributed by atoms with Crippen LogP contribution in [0, 0.1) is 6.92 Å². The third kappa shape index (κ3) is 2.50. The molecule has 0 saturated heterocycles. The topological polar surface area (TPSA) is 0 Å². The van der Waals surface area contributed by atoms with Crippen LogP contribution in [-0.4, -0.2) is 6.18 Å². The summed E-state index contributed by atoms with van der Waals surface area (Å²) in [5.74, 6) is 0. The van der Waals surface area contributed by atoms with E-state index in [1.807, 2.05) is 38.1 Å². The van der Waals surface area contributed by atoms with Crippen molar-refractivity contribution in [3.8, 4) is 0 Å². The zero-order valence-electron chi connectivity index (χ0n) is 10.4. The highest BCUT2D eigenvalue weighted by molar-refractivity contribution is 5.40. The monoisotopic (exact) mass is 252 g/mol. The minimum Gasteiger partial charge on any atom is -0.166 e. The van der Waals surface area contributed by atoms with Crippen LogP contribution in [-0.2, 0) is 5.41 Å². The molecule has 3 heteroatoms. The maximum Gasteiger partial charge on any atom is 0.416 e. The van der Waals surface area contributed by atoms with Crippen LogP contribution in [0.2, 0.25) is 0 Å². The highest BCUT2D eigenvalue weighted by atomic mass is 19.4. The summed E-state index contributed by atoms with van der Waals surface area (Å²) in [6.07, 6.45) is 0.246. The fourth-order valence-electron chi connectivity index (χ4n) is 2.09. The number of alkyl halides is 3. The molecule has 1 aliphatic carbocycles. The van der Waals surface area contributed by atoms with Gasteiger partial charge in [-0.05, 0) is 18.9 Å². The Hall–Kier alpha value is -1.51. The standard InChI is InChI=1S/C15H15F3/c1-11-3-5-12(6-4-11)14(2)9-7-13(8-10-14)15(16,17)18/h3-9H,10H2,1-2H3. The maximum absolute atomic E-state index is 12.5. The van der Waals surface area contributed by atoms with E-state index in [1.165, 1.54) is 12.2 Å². The predicted molar refractivity (Wildman–Crippen MR) is 66.4 cm³/mol. The van der Waals surface area contributed by atoms with Crippen LogP contribution in [0.1, 0.15) is 24.5 Å². The molecule has 0 radical (unpaired) electrons. The molecule has 1 aromatic rings. The largest absolute Gasteiger partial charge is 0.416 e. The molecular weight excluding hydrogens is 237 g/mol. The number of allylic oxidation sites excluding steroid dienone is 4. The molecule has 1 aromatic carbocycles. The summed E-state index contributed by atoms with van der Waals surface area (Å²) in [4.78, 5) is 0. The maximum atomic E-state index is 12.5. The zero-order valence-corrected chi connectivity index (χ0v) is 10.4. The fourth-order valence-corrected chi connectivity index (χ4v) is 2.09. The molecule has 1 atom stereocenters. The van der Waals surface area contributed by atoms with Crippen LogP contribution >= 0.6 is 0 Å². The van der Waals surface area contributed by atoms with Gasteiger partial charge in [0, 0.05) is 5.41 Å². The van der Waals surface area contributed by atoms with Crippen molar-refractivity contribution in [1.82, 2.24) is 0 Å². The van der Waals surface area contributed by atoms with E-state index in [4.69, 9.17) is 0 Å². The number of rotatable bonds is 1. The molecular formula is C15H15F3. The van der Waals surface area contributed by atoms with Gasteiger partial charge < -0.3 is 0 Å². The van der Waals surface area contributed by atoms with E-state index < -0.39 is 11.7 Å². The summed E-state index contributed by atoms with van der Waals surface area (Å²) in [5.41, 5.74) is 1.30. The van der Waals surface area contributed by atoms with Crippen molar-refractivity contribution in [2.24, 2.45) is 0 Å². The molecule has 0 heterocycles. The van der Waals surface area contributed by atoms with E-state index >= 15 is 0 Å². The first-order valence-electron chi connectivity index (χ1n) is 5.85. The summed E-state index contributed by atoms with van der Waals surface area (Å²) in [7, 11) is 0. The summed E-state index contributed by atoms with van der Waals surface area (Å²) in [6.45, 7) is 3.95. The minimum absolute atomic E-state index is 0.345. The molecule has 1 aliphatic rings. The molecule has 0 amide bonds. The van der Waals surface area contributed by atoms with Crippen molar-refractivity contribution in [1.29, 1.82) is 0 Å². The van der Waals surface area contributed by atoms with Crippen LogP contribution in [0.3, 0.4) is 0 Å². The zero-order chi connectivity index (χ0) is 13.4. The predicted octanol–water partition coefficient (Wildman–Crippen LogP) is 4.70. The molecule has 1 unspecified atom stereocenters. The molecule has 96 valence electrons. The van der Waals surface area contributed by atoms with Gasteiger partial charge in [-0.15, -0.1) is 0 Å². The van der Waals surface area contributed by atoms with Crippen molar-refractivity contribution in [2.45, 2.75) is 31.9 Å². The Kier molecular flexibility index (Phi) is 3.09. The molecule has 0 aromatic heterocycles. The lowest BCUT2D eigenvalue weighted by Crippen LogP contribution is -2.23. The van der Waals surface area contributed by atoms with Crippen molar-refractivity contribution in [2.75, 3.05) is 0 Å². The van der Waals surface area contributed by atoms with Crippen molar-refractivity contribution in [3.63, 3.8) is 0 Å². The Balaban J connectivity index is 2.25. The molecule has 0 fully saturated rings. The second-order valence-corrected chi connectivity index (χ2v) is 4.98. The summed E-state index contributed by atoms with van der Waals surface area (Å²) in [5, 5.41) is 0. The van der Waals surface area contributed by atoms with E-state index in [0.29, 0.717) is 6.42 Å². The first-order chi connectivity index (χ1) is 8.31. The number of aryl methyl sites for hydroxylation is 1. The van der Waals surface area contributed by atoms with Gasteiger partial charge >= 0.3 is 6.18 Å². The van der Waals surface area contributed by atoms with Gasteiger partial charge in [0.25, 0.3) is 0 Å². The van der Waals surface area contributed by atoms with Crippen LogP contribution in [0.5, 0.6) is 0 Å². The van der Waals surface area contributed by atoms with Gasteiger partial charge in [0.15, 0.2) is 0 Å². The molecule has 18 heavy (non-hydrogen) atoms. The van der Waals surface area contributed by atoms with Gasteiger partial charge in [0.2, 0.25) is 0 Å². The summed E-state index contributed by atoms with van der Waals surface area (Å²) in [6, 6.07) is 7.92. The van der Waals surface area contributed by atoms with E-state index in [2.05, 4.69) is 0 Å². The first-order valence-corrected chi connectivity index (χ1v) is 5.85. The molecule has 0 nitrogen and oxygen atoms in total. The van der Waals surface area contributed by atoms with Gasteiger partial charge in [0.1, 0.15) is 0 Å². The Morgan fingerprint density at radius 2 is 1.72 bits per heavy atom. The lowest BCUT2D eigenvalue weighted by Gasteiger charge is -2.29. The van der Waals surface area contributed by atoms with E-state index in [1.54, 1.807) is 6.08 Å². The lowest BCUT2D eigenvalue weighted by molar-refractivity contribution is -0.0887. The van der Waals surface area contributed by atoms with Gasteiger partial charge in [0.05, 0.1) is 5.57 Å². The first kappa shape index (κ1) is 12.9. The molecule has 0 bridgehead atoms. The molecule has 0 saturated carbocycles. The van der Waals surface area contributed by atoms with Gasteiger partial charge in [-0.25, -0.2) is 0 Å². The Morgan fingerprint density at radius 1 is 1.11 bits per heavy atom. The number of halogens is 3. The lowest BCUT2D eigenvalue weighted by atomic mass is 9.76. The van der Waals surface area contributed by atoms with Crippen LogP contribution in [0.25, 0.3) is 0 Å². The fraction of sp³-hybridized carbons (Fsp3) is 0.333. The van der Waals surface area contributed by atoms with Gasteiger partial charge in [-0.1, -0.05) is 55.0 Å². The number of hydrogen-bond acceptors (Lipinski definition) is 0. The average Bonchev–Trinajstić information content (AvgIpc) is 2.29. The number of hydrogen-bond donors (Lipinski definition) is 0.